The molecule has 0 atom stereocenters. The summed E-state index contributed by atoms with van der Waals surface area (Å²) in [5, 5.41) is 0. The molecule has 0 aliphatic heterocycles. The molecule has 5 heavy (non-hydrogen) atoms. The molecule has 0 spiro atoms. The fraction of sp³-hybridized carbons (Fsp3) is 0.500. The first-order chi connectivity index (χ1) is 2.41. The van der Waals surface area contributed by atoms with Crippen molar-refractivity contribution in [3.63, 3.8) is 0 Å². The Hall–Kier alpha value is 0.506. The highest BCUT2D eigenvalue weighted by Gasteiger charge is 1.74. The summed E-state index contributed by atoms with van der Waals surface area (Å²) in [6.07, 6.45) is 0. The molecule has 26 valence electrons. The minimum Gasteiger partial charge on any atom is -0.214 e. The number of hydrogen-bond acceptors (Lipinski definition) is 0. The Morgan fingerprint density at radius 1 is 2.00 bits per heavy atom. The predicted molar refractivity (Wildman–Crippen MR) is 26.4 cm³/mol. The molecule has 0 aromatic carbocycles. The van der Waals surface area contributed by atoms with Crippen molar-refractivity contribution >= 4 is 20.4 Å². The van der Waals surface area contributed by atoms with Gasteiger partial charge in [-0.3, -0.25) is 0 Å². The standard InChI is InChI=1S/C2H5.C2H3.Mg/c2*1-2;/h1H2,2H3;1H,2H2;. The van der Waals surface area contributed by atoms with Gasteiger partial charge in [0, 0.05) is 0 Å². The van der Waals surface area contributed by atoms with Crippen molar-refractivity contribution in [2.75, 3.05) is 0 Å². The van der Waals surface area contributed by atoms with Crippen molar-refractivity contribution in [3.8, 4) is 0 Å². The highest BCUT2D eigenvalue weighted by atomic mass is 24.5. The molecule has 0 saturated carbocycles. The van der Waals surface area contributed by atoms with Crippen LogP contribution in [0, 0.1) is 0 Å². The summed E-state index contributed by atoms with van der Waals surface area (Å²) in [5.74, 6) is 0. The van der Waals surface area contributed by atoms with E-state index >= 15 is 0 Å². The van der Waals surface area contributed by atoms with E-state index in [2.05, 4.69) is 17.7 Å². The lowest BCUT2D eigenvalue weighted by molar-refractivity contribution is 1.46. The fourth-order valence-electron chi connectivity index (χ4n) is 0.204. The average molecular weight is 80.4 g/mol. The van der Waals surface area contributed by atoms with Crippen LogP contribution in [0.15, 0.2) is 10.8 Å². The molecule has 0 nitrogen and oxygen atoms in total. The Labute approximate surface area is 43.0 Å². The minimum absolute atomic E-state index is 0.196. The summed E-state index contributed by atoms with van der Waals surface area (Å²) in [6, 6.07) is 0. The first kappa shape index (κ1) is 5.51. The van der Waals surface area contributed by atoms with Gasteiger partial charge in [-0.2, -0.15) is 0 Å². The lowest BCUT2D eigenvalue weighted by Gasteiger charge is -1.65. The zero-order valence-corrected chi connectivity index (χ0v) is 5.11. The van der Waals surface area contributed by atoms with E-state index in [9.17, 15) is 0 Å². The molecule has 0 radical (unpaired) electrons. The van der Waals surface area contributed by atoms with Gasteiger partial charge in [0.15, 0.2) is 0 Å². The quantitative estimate of drug-likeness (QED) is 0.438. The first-order valence-electron chi connectivity index (χ1n) is 2.02. The van der Waals surface area contributed by atoms with Gasteiger partial charge >= 0.3 is 20.4 Å². The van der Waals surface area contributed by atoms with Gasteiger partial charge in [0.1, 0.15) is 0 Å². The van der Waals surface area contributed by atoms with Gasteiger partial charge in [-0.1, -0.05) is 6.92 Å². The summed E-state index contributed by atoms with van der Waals surface area (Å²) >= 11 is 0.196. The summed E-state index contributed by atoms with van der Waals surface area (Å²) in [6.45, 7) is 5.81. The molecule has 0 fully saturated rings. The lowest BCUT2D eigenvalue weighted by atomic mass is 11.0. The van der Waals surface area contributed by atoms with Crippen LogP contribution in [-0.4, -0.2) is 20.4 Å². The Morgan fingerprint density at radius 2 is 2.60 bits per heavy atom. The second kappa shape index (κ2) is 4.51. The predicted octanol–water partition coefficient (Wildman–Crippen LogP) is 1.27. The monoisotopic (exact) mass is 80.0 g/mol. The third-order valence-electron chi connectivity index (χ3n) is 0.493. The van der Waals surface area contributed by atoms with Crippen LogP contribution in [0.3, 0.4) is 0 Å². The highest BCUT2D eigenvalue weighted by Crippen LogP contribution is 1.68. The maximum atomic E-state index is 3.61. The Morgan fingerprint density at radius 3 is 2.60 bits per heavy atom. The average Bonchev–Trinajstić information content (AvgIpc) is 1.41. The Balaban J connectivity index is 2.40. The molecule has 0 aromatic heterocycles. The number of rotatable bonds is 2. The van der Waals surface area contributed by atoms with E-state index in [0.717, 1.165) is 0 Å². The molecule has 1 heteroatoms. The summed E-state index contributed by atoms with van der Waals surface area (Å²) in [5.41, 5.74) is 0. The van der Waals surface area contributed by atoms with Crippen molar-refractivity contribution in [3.05, 3.63) is 10.8 Å². The van der Waals surface area contributed by atoms with E-state index in [1.165, 1.54) is 4.55 Å². The van der Waals surface area contributed by atoms with Crippen LogP contribution in [0.25, 0.3) is 0 Å². The van der Waals surface area contributed by atoms with Crippen molar-refractivity contribution in [1.82, 2.24) is 0 Å². The maximum Gasteiger partial charge on any atom is 0.395 e. The summed E-state index contributed by atoms with van der Waals surface area (Å²) in [4.78, 5) is 0. The normalized spacial score (nSPS) is 5.80. The Bertz CT molecular complexity index is 24.8. The molecule has 0 aliphatic carbocycles. The van der Waals surface area contributed by atoms with Crippen molar-refractivity contribution in [2.45, 2.75) is 11.5 Å². The van der Waals surface area contributed by atoms with Gasteiger partial charge in [-0.05, 0) is 0 Å². The summed E-state index contributed by atoms with van der Waals surface area (Å²) < 4.78 is 3.43. The van der Waals surface area contributed by atoms with Crippen LogP contribution in [0.5, 0.6) is 0 Å². The largest absolute Gasteiger partial charge is 0.395 e. The van der Waals surface area contributed by atoms with Gasteiger partial charge in [0.2, 0.25) is 0 Å². The van der Waals surface area contributed by atoms with Crippen LogP contribution >= 0.6 is 0 Å². The van der Waals surface area contributed by atoms with Crippen LogP contribution < -0.4 is 0 Å². The van der Waals surface area contributed by atoms with Gasteiger partial charge in [0.05, 0.1) is 0 Å². The van der Waals surface area contributed by atoms with Gasteiger partial charge in [-0.15, -0.1) is 11.1 Å². The smallest absolute Gasteiger partial charge is 0.214 e. The molecule has 0 rings (SSSR count). The molecule has 0 aromatic rings. The zero-order valence-electron chi connectivity index (χ0n) is 3.70. The third-order valence-corrected chi connectivity index (χ3v) is 1.48. The topological polar surface area (TPSA) is 0 Å². The van der Waals surface area contributed by atoms with E-state index in [-0.39, 0.29) is 20.4 Å². The van der Waals surface area contributed by atoms with E-state index in [1.54, 1.807) is 0 Å². The van der Waals surface area contributed by atoms with Crippen molar-refractivity contribution in [2.24, 2.45) is 0 Å². The van der Waals surface area contributed by atoms with Gasteiger partial charge in [-0.25, -0.2) is 4.21 Å². The Kier molecular flexibility index (Phi) is 4.96. The van der Waals surface area contributed by atoms with E-state index in [4.69, 9.17) is 0 Å². The van der Waals surface area contributed by atoms with Crippen LogP contribution in [0.4, 0.5) is 0 Å². The molecule has 0 saturated heterocycles. The summed E-state index contributed by atoms with van der Waals surface area (Å²) in [7, 11) is 0. The molecule has 0 aliphatic rings. The highest BCUT2D eigenvalue weighted by molar-refractivity contribution is 6.41. The molecule has 0 unspecified atom stereocenters. The maximum absolute atomic E-state index is 3.61. The molecular weight excluding hydrogens is 72.3 g/mol. The molecule has 0 bridgehead atoms. The third kappa shape index (κ3) is 4.51. The molecule has 0 amide bonds. The fourth-order valence-corrected chi connectivity index (χ4v) is 0.612. The van der Waals surface area contributed by atoms with E-state index in [1.807, 2.05) is 0 Å². The molecule has 0 heterocycles. The van der Waals surface area contributed by atoms with Crippen LogP contribution in [-0.2, 0) is 0 Å². The van der Waals surface area contributed by atoms with Crippen LogP contribution in [0.2, 0.25) is 4.55 Å². The molecular formula is C4H8Mg. The van der Waals surface area contributed by atoms with Gasteiger partial charge in [0.25, 0.3) is 0 Å². The van der Waals surface area contributed by atoms with Crippen molar-refractivity contribution < 1.29 is 0 Å². The molecule has 0 N–H and O–H groups in total. The minimum atomic E-state index is 0.196. The zero-order chi connectivity index (χ0) is 4.12. The van der Waals surface area contributed by atoms with Crippen molar-refractivity contribution in [1.29, 1.82) is 0 Å². The SMILES string of the molecule is C=[CH][Mg][CH2]C. The van der Waals surface area contributed by atoms with E-state index in [0.29, 0.717) is 0 Å². The number of hydrogen-bond donors (Lipinski definition) is 0. The van der Waals surface area contributed by atoms with E-state index < -0.39 is 0 Å². The van der Waals surface area contributed by atoms with Gasteiger partial charge < -0.3 is 0 Å². The first-order valence-corrected chi connectivity index (χ1v) is 3.84. The second-order valence-electron chi connectivity index (χ2n) is 1.08. The lowest BCUT2D eigenvalue weighted by Crippen LogP contribution is -1.72. The van der Waals surface area contributed by atoms with Crippen LogP contribution in [0.1, 0.15) is 6.92 Å². The second-order valence-corrected chi connectivity index (χ2v) is 3.23.